The van der Waals surface area contributed by atoms with Crippen LogP contribution >= 0.6 is 11.3 Å². The molecule has 1 heterocycles. The molecule has 0 amide bonds. The lowest BCUT2D eigenvalue weighted by Crippen LogP contribution is -2.14. The molecule has 0 saturated carbocycles. The Balaban J connectivity index is 2.00. The highest BCUT2D eigenvalue weighted by atomic mass is 32.2. The molecule has 0 bridgehead atoms. The van der Waals surface area contributed by atoms with Gasteiger partial charge in [0.15, 0.2) is 0 Å². The number of aromatic nitrogens is 1. The molecule has 1 N–H and O–H groups in total. The molecule has 0 aliphatic carbocycles. The minimum atomic E-state index is -3.60. The first-order chi connectivity index (χ1) is 10.4. The van der Waals surface area contributed by atoms with Crippen LogP contribution in [0.25, 0.3) is 10.2 Å². The van der Waals surface area contributed by atoms with Crippen LogP contribution in [0.4, 0.5) is 5.69 Å². The zero-order valence-electron chi connectivity index (χ0n) is 12.5. The van der Waals surface area contributed by atoms with Crippen LogP contribution in [0.15, 0.2) is 41.3 Å². The predicted molar refractivity (Wildman–Crippen MR) is 91.1 cm³/mol. The van der Waals surface area contributed by atoms with Gasteiger partial charge in [0.05, 0.1) is 25.8 Å². The van der Waals surface area contributed by atoms with Crippen molar-refractivity contribution in [3.8, 4) is 0 Å². The summed E-state index contributed by atoms with van der Waals surface area (Å²) in [4.78, 5) is 4.70. The number of thiazole rings is 1. The van der Waals surface area contributed by atoms with Crippen LogP contribution in [-0.4, -0.2) is 13.4 Å². The molecule has 3 aromatic rings. The minimum absolute atomic E-state index is 0.307. The van der Waals surface area contributed by atoms with Crippen molar-refractivity contribution in [2.24, 2.45) is 0 Å². The number of fused-ring (bicyclic) bond motifs is 1. The highest BCUT2D eigenvalue weighted by molar-refractivity contribution is 7.92. The molecule has 0 aliphatic heterocycles. The van der Waals surface area contributed by atoms with Crippen molar-refractivity contribution in [3.63, 3.8) is 0 Å². The predicted octanol–water partition coefficient (Wildman–Crippen LogP) is 4.02. The van der Waals surface area contributed by atoms with Crippen LogP contribution < -0.4 is 4.72 Å². The van der Waals surface area contributed by atoms with Crippen LogP contribution in [0.3, 0.4) is 0 Å². The van der Waals surface area contributed by atoms with E-state index in [0.717, 1.165) is 26.4 Å². The summed E-state index contributed by atoms with van der Waals surface area (Å²) >= 11 is 1.59. The van der Waals surface area contributed by atoms with E-state index in [0.29, 0.717) is 10.6 Å². The maximum atomic E-state index is 12.6. The Labute approximate surface area is 133 Å². The zero-order chi connectivity index (χ0) is 15.9. The number of benzene rings is 2. The highest BCUT2D eigenvalue weighted by Crippen LogP contribution is 2.26. The molecule has 6 heteroatoms. The molecule has 0 spiro atoms. The third-order valence-corrected chi connectivity index (χ3v) is 6.07. The Morgan fingerprint density at radius 3 is 2.64 bits per heavy atom. The summed E-state index contributed by atoms with van der Waals surface area (Å²) in [6.45, 7) is 5.65. The number of anilines is 1. The van der Waals surface area contributed by atoms with Crippen LogP contribution in [0.2, 0.25) is 0 Å². The van der Waals surface area contributed by atoms with Gasteiger partial charge in [0, 0.05) is 0 Å². The van der Waals surface area contributed by atoms with Gasteiger partial charge in [-0.25, -0.2) is 13.4 Å². The fourth-order valence-corrected chi connectivity index (χ4v) is 4.51. The molecule has 0 radical (unpaired) electrons. The SMILES string of the molecule is Cc1nc2cc(NS(=O)(=O)c3cccc(C)c3C)ccc2s1. The first kappa shape index (κ1) is 15.0. The van der Waals surface area contributed by atoms with Gasteiger partial charge in [-0.05, 0) is 56.2 Å². The molecule has 114 valence electrons. The Bertz CT molecular complexity index is 959. The Hall–Kier alpha value is -1.92. The van der Waals surface area contributed by atoms with Gasteiger partial charge in [-0.3, -0.25) is 4.72 Å². The molecule has 2 aromatic carbocycles. The summed E-state index contributed by atoms with van der Waals surface area (Å²) in [7, 11) is -3.60. The monoisotopic (exact) mass is 332 g/mol. The van der Waals surface area contributed by atoms with Crippen LogP contribution in [0.5, 0.6) is 0 Å². The maximum absolute atomic E-state index is 12.6. The normalized spacial score (nSPS) is 11.8. The summed E-state index contributed by atoms with van der Waals surface area (Å²) < 4.78 is 28.9. The van der Waals surface area contributed by atoms with E-state index < -0.39 is 10.0 Å². The van der Waals surface area contributed by atoms with Crippen molar-refractivity contribution in [1.29, 1.82) is 0 Å². The number of sulfonamides is 1. The summed E-state index contributed by atoms with van der Waals surface area (Å²) in [5.74, 6) is 0. The zero-order valence-corrected chi connectivity index (χ0v) is 14.2. The number of nitrogens with zero attached hydrogens (tertiary/aromatic N) is 1. The molecule has 3 rings (SSSR count). The van der Waals surface area contributed by atoms with Crippen molar-refractivity contribution in [2.45, 2.75) is 25.7 Å². The largest absolute Gasteiger partial charge is 0.280 e. The lowest BCUT2D eigenvalue weighted by Gasteiger charge is -2.11. The van der Waals surface area contributed by atoms with E-state index in [1.165, 1.54) is 0 Å². The topological polar surface area (TPSA) is 59.1 Å². The number of hydrogen-bond donors (Lipinski definition) is 1. The molecule has 4 nitrogen and oxygen atoms in total. The van der Waals surface area contributed by atoms with Gasteiger partial charge >= 0.3 is 0 Å². The fraction of sp³-hybridized carbons (Fsp3) is 0.188. The van der Waals surface area contributed by atoms with E-state index in [9.17, 15) is 8.42 Å². The second-order valence-electron chi connectivity index (χ2n) is 5.22. The van der Waals surface area contributed by atoms with Crippen molar-refractivity contribution < 1.29 is 8.42 Å². The van der Waals surface area contributed by atoms with Crippen molar-refractivity contribution in [3.05, 3.63) is 52.5 Å². The van der Waals surface area contributed by atoms with Gasteiger partial charge in [-0.15, -0.1) is 11.3 Å². The molecular weight excluding hydrogens is 316 g/mol. The molecular formula is C16H16N2O2S2. The summed E-state index contributed by atoms with van der Waals surface area (Å²) in [5.41, 5.74) is 3.05. The third kappa shape index (κ3) is 2.71. The quantitative estimate of drug-likeness (QED) is 0.788. The fourth-order valence-electron chi connectivity index (χ4n) is 2.33. The van der Waals surface area contributed by atoms with Gasteiger partial charge in [0.1, 0.15) is 0 Å². The lowest BCUT2D eigenvalue weighted by molar-refractivity contribution is 0.600. The van der Waals surface area contributed by atoms with E-state index in [1.807, 2.05) is 32.9 Å². The lowest BCUT2D eigenvalue weighted by atomic mass is 10.1. The van der Waals surface area contributed by atoms with Crippen molar-refractivity contribution >= 4 is 37.3 Å². The van der Waals surface area contributed by atoms with Gasteiger partial charge in [-0.2, -0.15) is 0 Å². The summed E-state index contributed by atoms with van der Waals surface area (Å²) in [6, 6.07) is 10.7. The smallest absolute Gasteiger partial charge is 0.262 e. The Morgan fingerprint density at radius 1 is 1.09 bits per heavy atom. The minimum Gasteiger partial charge on any atom is -0.280 e. The van der Waals surface area contributed by atoms with E-state index >= 15 is 0 Å². The summed E-state index contributed by atoms with van der Waals surface area (Å²) in [5, 5.41) is 0.963. The van der Waals surface area contributed by atoms with Crippen molar-refractivity contribution in [2.75, 3.05) is 4.72 Å². The third-order valence-electron chi connectivity index (χ3n) is 3.59. The molecule has 0 aliphatic rings. The van der Waals surface area contributed by atoms with Crippen LogP contribution in [0.1, 0.15) is 16.1 Å². The molecule has 22 heavy (non-hydrogen) atoms. The van der Waals surface area contributed by atoms with E-state index in [4.69, 9.17) is 0 Å². The van der Waals surface area contributed by atoms with Gasteiger partial charge < -0.3 is 0 Å². The standard InChI is InChI=1S/C16H16N2O2S2/c1-10-5-4-6-16(11(10)2)22(19,20)18-13-7-8-15-14(9-13)17-12(3)21-15/h4-9,18H,1-3H3. The average molecular weight is 332 g/mol. The van der Waals surface area contributed by atoms with E-state index in [2.05, 4.69) is 9.71 Å². The number of aryl methyl sites for hydroxylation is 2. The number of hydrogen-bond acceptors (Lipinski definition) is 4. The van der Waals surface area contributed by atoms with E-state index in [1.54, 1.807) is 35.6 Å². The second kappa shape index (κ2) is 5.37. The molecule has 0 saturated heterocycles. The van der Waals surface area contributed by atoms with Gasteiger partial charge in [-0.1, -0.05) is 12.1 Å². The van der Waals surface area contributed by atoms with Gasteiger partial charge in [0.25, 0.3) is 10.0 Å². The molecule has 1 aromatic heterocycles. The maximum Gasteiger partial charge on any atom is 0.262 e. The Kier molecular flexibility index (Phi) is 3.66. The summed E-state index contributed by atoms with van der Waals surface area (Å²) in [6.07, 6.45) is 0. The molecule has 0 unspecified atom stereocenters. The Morgan fingerprint density at radius 2 is 1.86 bits per heavy atom. The first-order valence-corrected chi connectivity index (χ1v) is 9.13. The molecule has 0 fully saturated rings. The molecule has 0 atom stereocenters. The van der Waals surface area contributed by atoms with Crippen LogP contribution in [-0.2, 0) is 10.0 Å². The second-order valence-corrected chi connectivity index (χ2v) is 8.10. The first-order valence-electron chi connectivity index (χ1n) is 6.83. The number of rotatable bonds is 3. The average Bonchev–Trinajstić information content (AvgIpc) is 2.80. The van der Waals surface area contributed by atoms with Crippen molar-refractivity contribution in [1.82, 2.24) is 4.98 Å². The number of nitrogens with one attached hydrogen (secondary N) is 1. The van der Waals surface area contributed by atoms with E-state index in [-0.39, 0.29) is 0 Å². The van der Waals surface area contributed by atoms with Gasteiger partial charge in [0.2, 0.25) is 0 Å². The van der Waals surface area contributed by atoms with Crippen LogP contribution in [0, 0.1) is 20.8 Å². The highest BCUT2D eigenvalue weighted by Gasteiger charge is 2.18.